The number of likely N-dealkylation sites (N-methyl/N-ethyl adjacent to an activating group) is 1. The Bertz CT molecular complexity index is 1300. The fraction of sp³-hybridized carbons (Fsp3) is 0.444. The first-order chi connectivity index (χ1) is 18.3. The van der Waals surface area contributed by atoms with Gasteiger partial charge in [0.05, 0.1) is 6.57 Å². The number of carbonyl (C=O) groups excluding carboxylic acids is 2. The Kier molecular flexibility index (Phi) is 6.91. The summed E-state index contributed by atoms with van der Waals surface area (Å²) in [5, 5.41) is 3.18. The Morgan fingerprint density at radius 3 is 2.82 bits per heavy atom. The molecule has 4 heterocycles. The molecular formula is C27H32N8O3. The van der Waals surface area contributed by atoms with Crippen LogP contribution in [0.15, 0.2) is 36.9 Å². The third kappa shape index (κ3) is 4.99. The van der Waals surface area contributed by atoms with E-state index >= 15 is 0 Å². The number of hydrogen-bond acceptors (Lipinski definition) is 8. The van der Waals surface area contributed by atoms with Crippen molar-refractivity contribution in [2.24, 2.45) is 11.1 Å². The summed E-state index contributed by atoms with van der Waals surface area (Å²) in [5.74, 6) is 0.206. The summed E-state index contributed by atoms with van der Waals surface area (Å²) >= 11 is 0. The van der Waals surface area contributed by atoms with Crippen molar-refractivity contribution >= 4 is 34.8 Å². The maximum Gasteiger partial charge on any atom is 0.317 e. The zero-order chi connectivity index (χ0) is 26.9. The monoisotopic (exact) mass is 516 g/mol. The van der Waals surface area contributed by atoms with Gasteiger partial charge in [-0.2, -0.15) is 9.97 Å². The van der Waals surface area contributed by atoms with Gasteiger partial charge in [0.25, 0.3) is 5.69 Å². The van der Waals surface area contributed by atoms with Gasteiger partial charge < -0.3 is 30.5 Å². The van der Waals surface area contributed by atoms with E-state index in [2.05, 4.69) is 38.6 Å². The number of nitrogens with zero attached hydrogens (tertiary/aromatic N) is 6. The number of amides is 2. The molecule has 1 aromatic heterocycles. The Morgan fingerprint density at radius 1 is 1.32 bits per heavy atom. The first-order valence-corrected chi connectivity index (χ1v) is 12.8. The molecule has 0 radical (unpaired) electrons. The zero-order valence-electron chi connectivity index (χ0n) is 21.5. The minimum absolute atomic E-state index is 0.0279. The smallest absolute Gasteiger partial charge is 0.317 e. The molecular weight excluding hydrogens is 484 g/mol. The molecule has 198 valence electrons. The number of aromatic nitrogens is 2. The number of anilines is 3. The Morgan fingerprint density at radius 2 is 2.13 bits per heavy atom. The highest BCUT2D eigenvalue weighted by Gasteiger charge is 2.49. The third-order valence-electron chi connectivity index (χ3n) is 7.72. The van der Waals surface area contributed by atoms with Crippen molar-refractivity contribution in [1.29, 1.82) is 0 Å². The van der Waals surface area contributed by atoms with Crippen LogP contribution in [0.2, 0.25) is 0 Å². The van der Waals surface area contributed by atoms with Gasteiger partial charge in [-0.25, -0.2) is 4.85 Å². The molecule has 11 nitrogen and oxygen atoms in total. The topological polar surface area (TPSA) is 121 Å². The second-order valence-corrected chi connectivity index (χ2v) is 10.4. The third-order valence-corrected chi connectivity index (χ3v) is 7.72. The van der Waals surface area contributed by atoms with Crippen molar-refractivity contribution < 1.29 is 14.3 Å². The second-order valence-electron chi connectivity index (χ2n) is 10.4. The van der Waals surface area contributed by atoms with E-state index in [9.17, 15) is 9.59 Å². The summed E-state index contributed by atoms with van der Waals surface area (Å²) < 4.78 is 6.08. The molecule has 5 rings (SSSR count). The first-order valence-electron chi connectivity index (χ1n) is 12.8. The van der Waals surface area contributed by atoms with Gasteiger partial charge in [0.2, 0.25) is 11.8 Å². The number of ether oxygens (including phenoxy) is 1. The SMILES string of the molecule is [C-]#[N+]c1c(Nc2cccc(C(N)=O)c2)nc(OCC2CCCN2C)nc1N1CCC2(CN(C(=O)C=C)C2)C1. The highest BCUT2D eigenvalue weighted by molar-refractivity contribution is 5.94. The number of carbonyl (C=O) groups is 2. The maximum absolute atomic E-state index is 12.0. The average molecular weight is 517 g/mol. The van der Waals surface area contributed by atoms with Gasteiger partial charge in [0, 0.05) is 48.9 Å². The minimum atomic E-state index is -0.543. The summed E-state index contributed by atoms with van der Waals surface area (Å²) in [5.41, 5.74) is 6.62. The molecule has 3 saturated heterocycles. The number of nitrogens with one attached hydrogen (secondary N) is 1. The summed E-state index contributed by atoms with van der Waals surface area (Å²) in [6.07, 6.45) is 4.40. The van der Waals surface area contributed by atoms with Gasteiger partial charge in [0.15, 0.2) is 0 Å². The standard InChI is InChI=1S/C27H32N8O3/c1-4-21(36)35-16-27(17-35)10-12-34(15-27)25-22(29-2)24(30-19-8-5-7-18(13-19)23(28)37)31-26(32-25)38-14-20-9-6-11-33(20)3/h4-5,7-8,13,20H,1,6,9-12,14-17H2,3H3,(H2,28,37)(H,30,31,32). The molecule has 0 bridgehead atoms. The van der Waals surface area contributed by atoms with E-state index in [0.717, 1.165) is 25.8 Å². The van der Waals surface area contributed by atoms with Crippen molar-refractivity contribution in [3.05, 3.63) is 53.9 Å². The van der Waals surface area contributed by atoms with Crippen LogP contribution in [-0.2, 0) is 4.79 Å². The van der Waals surface area contributed by atoms with Crippen LogP contribution < -0.4 is 20.7 Å². The van der Waals surface area contributed by atoms with E-state index in [1.54, 1.807) is 29.2 Å². The molecule has 3 aliphatic heterocycles. The van der Waals surface area contributed by atoms with E-state index in [0.29, 0.717) is 55.7 Å². The van der Waals surface area contributed by atoms with E-state index < -0.39 is 5.91 Å². The molecule has 2 amide bonds. The van der Waals surface area contributed by atoms with Crippen LogP contribution in [0.1, 0.15) is 29.6 Å². The van der Waals surface area contributed by atoms with Crippen molar-refractivity contribution in [3.63, 3.8) is 0 Å². The number of likely N-dealkylation sites (tertiary alicyclic amines) is 2. The lowest BCUT2D eigenvalue weighted by Crippen LogP contribution is -2.59. The van der Waals surface area contributed by atoms with E-state index in [1.807, 2.05) is 0 Å². The van der Waals surface area contributed by atoms with Gasteiger partial charge >= 0.3 is 6.01 Å². The highest BCUT2D eigenvalue weighted by Crippen LogP contribution is 2.45. The lowest BCUT2D eigenvalue weighted by molar-refractivity contribution is -0.136. The second kappa shape index (κ2) is 10.3. The van der Waals surface area contributed by atoms with E-state index in [-0.39, 0.29) is 29.1 Å². The highest BCUT2D eigenvalue weighted by atomic mass is 16.5. The number of benzene rings is 1. The van der Waals surface area contributed by atoms with Crippen molar-refractivity contribution in [2.45, 2.75) is 25.3 Å². The molecule has 2 aromatic rings. The summed E-state index contributed by atoms with van der Waals surface area (Å²) in [7, 11) is 2.08. The van der Waals surface area contributed by atoms with Gasteiger partial charge in [-0.3, -0.25) is 9.59 Å². The average Bonchev–Trinajstić information content (AvgIpc) is 3.52. The summed E-state index contributed by atoms with van der Waals surface area (Å²) in [6.45, 7) is 15.7. The lowest BCUT2D eigenvalue weighted by atomic mass is 9.79. The number of nitrogens with two attached hydrogens (primary N) is 1. The van der Waals surface area contributed by atoms with Gasteiger partial charge in [-0.1, -0.05) is 12.6 Å². The van der Waals surface area contributed by atoms with Crippen molar-refractivity contribution in [2.75, 3.05) is 56.6 Å². The summed E-state index contributed by atoms with van der Waals surface area (Å²) in [6, 6.07) is 7.22. The molecule has 1 spiro atoms. The molecule has 3 fully saturated rings. The van der Waals surface area contributed by atoms with Gasteiger partial charge in [-0.15, -0.1) is 0 Å². The molecule has 38 heavy (non-hydrogen) atoms. The molecule has 0 aliphatic carbocycles. The number of primary amides is 1. The predicted octanol–water partition coefficient (Wildman–Crippen LogP) is 2.57. The first kappa shape index (κ1) is 25.5. The van der Waals surface area contributed by atoms with Crippen LogP contribution in [0.5, 0.6) is 6.01 Å². The Hall–Kier alpha value is -4.17. The van der Waals surface area contributed by atoms with Crippen LogP contribution >= 0.6 is 0 Å². The fourth-order valence-electron chi connectivity index (χ4n) is 5.57. The van der Waals surface area contributed by atoms with Crippen molar-refractivity contribution in [1.82, 2.24) is 19.8 Å². The van der Waals surface area contributed by atoms with Crippen LogP contribution in [0.3, 0.4) is 0 Å². The quantitative estimate of drug-likeness (QED) is 0.406. The van der Waals surface area contributed by atoms with Crippen LogP contribution in [0.4, 0.5) is 23.0 Å². The Labute approximate surface area is 222 Å². The van der Waals surface area contributed by atoms with E-state index in [1.165, 1.54) is 6.08 Å². The normalized spacial score (nSPS) is 20.2. The van der Waals surface area contributed by atoms with Crippen LogP contribution in [0.25, 0.3) is 4.85 Å². The van der Waals surface area contributed by atoms with Crippen LogP contribution in [0, 0.1) is 12.0 Å². The fourth-order valence-corrected chi connectivity index (χ4v) is 5.57. The largest absolute Gasteiger partial charge is 0.462 e. The predicted molar refractivity (Wildman–Crippen MR) is 144 cm³/mol. The van der Waals surface area contributed by atoms with Crippen molar-refractivity contribution in [3.8, 4) is 6.01 Å². The zero-order valence-corrected chi connectivity index (χ0v) is 21.5. The van der Waals surface area contributed by atoms with Gasteiger partial charge in [0.1, 0.15) is 18.2 Å². The van der Waals surface area contributed by atoms with Crippen LogP contribution in [-0.4, -0.2) is 84.0 Å². The molecule has 11 heteroatoms. The summed E-state index contributed by atoms with van der Waals surface area (Å²) in [4.78, 5) is 42.9. The molecule has 1 unspecified atom stereocenters. The maximum atomic E-state index is 12.0. The molecule has 3 aliphatic rings. The van der Waals surface area contributed by atoms with Gasteiger partial charge in [-0.05, 0) is 57.1 Å². The number of hydrogen-bond donors (Lipinski definition) is 2. The molecule has 3 N–H and O–H groups in total. The minimum Gasteiger partial charge on any atom is -0.462 e. The van der Waals surface area contributed by atoms with E-state index in [4.69, 9.17) is 22.0 Å². The molecule has 1 atom stereocenters. The number of rotatable bonds is 8. The lowest BCUT2D eigenvalue weighted by Gasteiger charge is -2.47. The Balaban J connectivity index is 1.44. The molecule has 1 aromatic carbocycles. The molecule has 0 saturated carbocycles.